The molecule has 0 saturated carbocycles. The van der Waals surface area contributed by atoms with Gasteiger partial charge >= 0.3 is 0 Å². The van der Waals surface area contributed by atoms with Gasteiger partial charge in [-0.15, -0.1) is 0 Å². The van der Waals surface area contributed by atoms with Gasteiger partial charge in [-0.3, -0.25) is 0 Å². The predicted molar refractivity (Wildman–Crippen MR) is 66.8 cm³/mol. The monoisotopic (exact) mass is 262 g/mol. The van der Waals surface area contributed by atoms with Gasteiger partial charge < -0.3 is 10.2 Å². The average molecular weight is 262 g/mol. The molecule has 0 aliphatic carbocycles. The first kappa shape index (κ1) is 13.2. The lowest BCUT2D eigenvalue weighted by Crippen LogP contribution is -2.56. The second kappa shape index (κ2) is 5.62. The molecular weight excluding hydrogens is 240 g/mol. The Labute approximate surface area is 104 Å². The molecule has 2 rings (SSSR count). The lowest BCUT2D eigenvalue weighted by molar-refractivity contribution is 0.218. The molecule has 1 unspecified atom stereocenters. The SMILES string of the molecule is CN1CCN(S(=O)(=O)NC2CCCCN2)CC1. The molecule has 1 atom stereocenters. The Hall–Kier alpha value is -0.210. The van der Waals surface area contributed by atoms with Crippen molar-refractivity contribution >= 4 is 10.2 Å². The summed E-state index contributed by atoms with van der Waals surface area (Å²) in [7, 11) is -1.30. The van der Waals surface area contributed by atoms with Crippen LogP contribution in [0.1, 0.15) is 19.3 Å². The molecule has 7 heteroatoms. The summed E-state index contributed by atoms with van der Waals surface area (Å²) in [6.45, 7) is 3.67. The Kier molecular flexibility index (Phi) is 4.37. The van der Waals surface area contributed by atoms with E-state index >= 15 is 0 Å². The van der Waals surface area contributed by atoms with Crippen molar-refractivity contribution in [2.45, 2.75) is 25.4 Å². The van der Waals surface area contributed by atoms with Crippen LogP contribution in [0.25, 0.3) is 0 Å². The third-order valence-corrected chi connectivity index (χ3v) is 5.03. The molecule has 2 heterocycles. The molecule has 2 aliphatic heterocycles. The minimum absolute atomic E-state index is 0.0894. The Morgan fingerprint density at radius 1 is 1.18 bits per heavy atom. The van der Waals surface area contributed by atoms with Crippen molar-refractivity contribution in [1.29, 1.82) is 0 Å². The van der Waals surface area contributed by atoms with Gasteiger partial charge in [-0.05, 0) is 32.9 Å². The highest BCUT2D eigenvalue weighted by molar-refractivity contribution is 7.87. The van der Waals surface area contributed by atoms with Crippen LogP contribution in [-0.2, 0) is 10.2 Å². The number of piperazine rings is 1. The van der Waals surface area contributed by atoms with Gasteiger partial charge in [0.25, 0.3) is 10.2 Å². The fourth-order valence-corrected chi connectivity index (χ4v) is 3.59. The van der Waals surface area contributed by atoms with Crippen molar-refractivity contribution < 1.29 is 8.42 Å². The summed E-state index contributed by atoms with van der Waals surface area (Å²) >= 11 is 0. The molecule has 17 heavy (non-hydrogen) atoms. The van der Waals surface area contributed by atoms with Crippen molar-refractivity contribution in [2.24, 2.45) is 0 Å². The Balaban J connectivity index is 1.89. The van der Waals surface area contributed by atoms with E-state index in [0.717, 1.165) is 38.9 Å². The summed E-state index contributed by atoms with van der Waals surface area (Å²) in [4.78, 5) is 2.14. The Bertz CT molecular complexity index is 332. The summed E-state index contributed by atoms with van der Waals surface area (Å²) in [6, 6.07) is 0. The van der Waals surface area contributed by atoms with E-state index in [2.05, 4.69) is 14.9 Å². The third-order valence-electron chi connectivity index (χ3n) is 3.40. The second-order valence-corrected chi connectivity index (χ2v) is 6.53. The van der Waals surface area contributed by atoms with Gasteiger partial charge in [0.1, 0.15) is 0 Å². The molecule has 100 valence electrons. The molecule has 0 amide bonds. The quantitative estimate of drug-likeness (QED) is 0.697. The molecule has 2 aliphatic rings. The van der Waals surface area contributed by atoms with Crippen LogP contribution in [0.4, 0.5) is 0 Å². The van der Waals surface area contributed by atoms with E-state index in [0.29, 0.717) is 13.1 Å². The molecule has 2 fully saturated rings. The van der Waals surface area contributed by atoms with Crippen LogP contribution in [0, 0.1) is 0 Å². The van der Waals surface area contributed by atoms with Crippen LogP contribution >= 0.6 is 0 Å². The number of nitrogens with zero attached hydrogens (tertiary/aromatic N) is 2. The topological polar surface area (TPSA) is 64.7 Å². The Morgan fingerprint density at radius 3 is 2.47 bits per heavy atom. The highest BCUT2D eigenvalue weighted by atomic mass is 32.2. The number of hydrogen-bond donors (Lipinski definition) is 2. The maximum absolute atomic E-state index is 12.1. The van der Waals surface area contributed by atoms with Crippen molar-refractivity contribution in [2.75, 3.05) is 39.8 Å². The van der Waals surface area contributed by atoms with Crippen molar-refractivity contribution in [3.8, 4) is 0 Å². The number of rotatable bonds is 3. The zero-order valence-corrected chi connectivity index (χ0v) is 11.2. The number of hydrogen-bond acceptors (Lipinski definition) is 4. The van der Waals surface area contributed by atoms with Gasteiger partial charge in [-0.2, -0.15) is 17.4 Å². The van der Waals surface area contributed by atoms with Crippen LogP contribution < -0.4 is 10.0 Å². The first-order valence-electron chi connectivity index (χ1n) is 6.27. The van der Waals surface area contributed by atoms with E-state index in [4.69, 9.17) is 0 Å². The molecule has 6 nitrogen and oxygen atoms in total. The largest absolute Gasteiger partial charge is 0.304 e. The van der Waals surface area contributed by atoms with E-state index in [1.54, 1.807) is 4.31 Å². The summed E-state index contributed by atoms with van der Waals surface area (Å²) in [5.74, 6) is 0. The molecule has 0 spiro atoms. The maximum Gasteiger partial charge on any atom is 0.280 e. The van der Waals surface area contributed by atoms with E-state index in [1.165, 1.54) is 0 Å². The molecular formula is C10H22N4O2S. The summed E-state index contributed by atoms with van der Waals surface area (Å²) in [6.07, 6.45) is 3.01. The lowest BCUT2D eigenvalue weighted by Gasteiger charge is -2.33. The molecule has 0 bridgehead atoms. The third kappa shape index (κ3) is 3.62. The van der Waals surface area contributed by atoms with Crippen molar-refractivity contribution in [3.63, 3.8) is 0 Å². The zero-order valence-electron chi connectivity index (χ0n) is 10.4. The van der Waals surface area contributed by atoms with Crippen molar-refractivity contribution in [3.05, 3.63) is 0 Å². The first-order chi connectivity index (χ1) is 8.08. The van der Waals surface area contributed by atoms with Gasteiger partial charge in [0.05, 0.1) is 6.17 Å². The van der Waals surface area contributed by atoms with Crippen LogP contribution in [0.2, 0.25) is 0 Å². The summed E-state index contributed by atoms with van der Waals surface area (Å²) in [5, 5.41) is 3.20. The van der Waals surface area contributed by atoms with E-state index in [1.807, 2.05) is 7.05 Å². The highest BCUT2D eigenvalue weighted by Gasteiger charge is 2.28. The smallest absolute Gasteiger partial charge is 0.280 e. The predicted octanol–water partition coefficient (Wildman–Crippen LogP) is -0.832. The summed E-state index contributed by atoms with van der Waals surface area (Å²) < 4.78 is 28.5. The van der Waals surface area contributed by atoms with E-state index in [9.17, 15) is 8.42 Å². The average Bonchev–Trinajstić information content (AvgIpc) is 2.30. The number of nitrogens with one attached hydrogen (secondary N) is 2. The van der Waals surface area contributed by atoms with Gasteiger partial charge in [0.2, 0.25) is 0 Å². The minimum Gasteiger partial charge on any atom is -0.304 e. The Morgan fingerprint density at radius 2 is 1.88 bits per heavy atom. The summed E-state index contributed by atoms with van der Waals surface area (Å²) in [5.41, 5.74) is 0. The minimum atomic E-state index is -3.31. The fourth-order valence-electron chi connectivity index (χ4n) is 2.24. The first-order valence-corrected chi connectivity index (χ1v) is 7.71. The molecule has 2 saturated heterocycles. The maximum atomic E-state index is 12.1. The van der Waals surface area contributed by atoms with Gasteiger partial charge in [-0.1, -0.05) is 0 Å². The highest BCUT2D eigenvalue weighted by Crippen LogP contribution is 2.09. The number of piperidine rings is 1. The second-order valence-electron chi connectivity index (χ2n) is 4.83. The van der Waals surface area contributed by atoms with Crippen LogP contribution in [0.15, 0.2) is 0 Å². The lowest BCUT2D eigenvalue weighted by atomic mass is 10.1. The van der Waals surface area contributed by atoms with E-state index in [-0.39, 0.29) is 6.17 Å². The van der Waals surface area contributed by atoms with Crippen LogP contribution in [0.3, 0.4) is 0 Å². The molecule has 0 aromatic carbocycles. The standard InChI is InChI=1S/C10H22N4O2S/c1-13-6-8-14(9-7-13)17(15,16)12-10-4-2-3-5-11-10/h10-12H,2-9H2,1H3. The van der Waals surface area contributed by atoms with Crippen LogP contribution in [-0.4, -0.2) is 63.6 Å². The molecule has 0 aromatic heterocycles. The molecule has 0 aromatic rings. The van der Waals surface area contributed by atoms with Crippen LogP contribution in [0.5, 0.6) is 0 Å². The molecule has 0 radical (unpaired) electrons. The zero-order chi connectivity index (χ0) is 12.3. The molecule has 2 N–H and O–H groups in total. The van der Waals surface area contributed by atoms with Gasteiger partial charge in [0, 0.05) is 26.2 Å². The van der Waals surface area contributed by atoms with Crippen molar-refractivity contribution in [1.82, 2.24) is 19.2 Å². The normalized spacial score (nSPS) is 29.4. The fraction of sp³-hybridized carbons (Fsp3) is 1.00. The van der Waals surface area contributed by atoms with Gasteiger partial charge in [-0.25, -0.2) is 0 Å². The van der Waals surface area contributed by atoms with E-state index < -0.39 is 10.2 Å². The number of likely N-dealkylation sites (N-methyl/N-ethyl adjacent to an activating group) is 1. The van der Waals surface area contributed by atoms with Gasteiger partial charge in [0.15, 0.2) is 0 Å².